The van der Waals surface area contributed by atoms with Crippen LogP contribution in [-0.2, 0) is 9.84 Å². The topological polar surface area (TPSA) is 74.6 Å². The molecule has 2 aromatic rings. The molecule has 100 valence electrons. The Labute approximate surface area is 111 Å². The summed E-state index contributed by atoms with van der Waals surface area (Å²) in [6, 6.07) is 8.66. The van der Waals surface area contributed by atoms with Gasteiger partial charge in [0.2, 0.25) is 9.84 Å². The molecular formula is C14H14O4S. The third-order valence-electron chi connectivity index (χ3n) is 2.95. The van der Waals surface area contributed by atoms with E-state index in [1.165, 1.54) is 37.3 Å². The number of benzene rings is 2. The number of hydrogen-bond acceptors (Lipinski definition) is 4. The summed E-state index contributed by atoms with van der Waals surface area (Å²) >= 11 is 0. The summed E-state index contributed by atoms with van der Waals surface area (Å²) in [6.07, 6.45) is 0. The molecule has 0 aliphatic heterocycles. The maximum Gasteiger partial charge on any atom is 0.210 e. The normalized spacial score (nSPS) is 11.5. The van der Waals surface area contributed by atoms with E-state index in [9.17, 15) is 18.6 Å². The van der Waals surface area contributed by atoms with Crippen molar-refractivity contribution in [2.75, 3.05) is 0 Å². The molecule has 0 heterocycles. The van der Waals surface area contributed by atoms with Crippen LogP contribution in [0.3, 0.4) is 0 Å². The van der Waals surface area contributed by atoms with Crippen LogP contribution in [0.5, 0.6) is 11.5 Å². The van der Waals surface area contributed by atoms with E-state index in [0.29, 0.717) is 0 Å². The van der Waals surface area contributed by atoms with E-state index in [1.54, 1.807) is 13.0 Å². The molecule has 0 saturated heterocycles. The van der Waals surface area contributed by atoms with E-state index in [2.05, 4.69) is 0 Å². The highest BCUT2D eigenvalue weighted by molar-refractivity contribution is 7.91. The Kier molecular flexibility index (Phi) is 3.24. The molecule has 0 radical (unpaired) electrons. The molecule has 0 atom stereocenters. The first-order valence-corrected chi connectivity index (χ1v) is 7.15. The van der Waals surface area contributed by atoms with Crippen molar-refractivity contribution in [2.45, 2.75) is 23.6 Å². The standard InChI is InChI=1S/C14H14O4S/c1-9-6-7-14(12(16)8-9)19(17,18)13-5-3-4-11(15)10(13)2/h3-8,15-16H,1-2H3. The van der Waals surface area contributed by atoms with Gasteiger partial charge in [0.25, 0.3) is 0 Å². The minimum Gasteiger partial charge on any atom is -0.508 e. The lowest BCUT2D eigenvalue weighted by Crippen LogP contribution is -2.04. The number of phenolic OH excluding ortho intramolecular Hbond substituents is 2. The van der Waals surface area contributed by atoms with Crippen LogP contribution >= 0.6 is 0 Å². The van der Waals surface area contributed by atoms with Gasteiger partial charge in [-0.25, -0.2) is 8.42 Å². The Morgan fingerprint density at radius 2 is 1.58 bits per heavy atom. The average molecular weight is 278 g/mol. The van der Waals surface area contributed by atoms with Crippen molar-refractivity contribution < 1.29 is 18.6 Å². The molecule has 0 fully saturated rings. The largest absolute Gasteiger partial charge is 0.508 e. The molecule has 0 spiro atoms. The highest BCUT2D eigenvalue weighted by atomic mass is 32.2. The Morgan fingerprint density at radius 3 is 2.21 bits per heavy atom. The van der Waals surface area contributed by atoms with Gasteiger partial charge in [-0.05, 0) is 43.7 Å². The fourth-order valence-electron chi connectivity index (χ4n) is 1.87. The highest BCUT2D eigenvalue weighted by Gasteiger charge is 2.24. The molecule has 0 aliphatic rings. The minimum absolute atomic E-state index is 0.00773. The Balaban J connectivity index is 2.69. The summed E-state index contributed by atoms with van der Waals surface area (Å²) in [4.78, 5) is -0.168. The summed E-state index contributed by atoms with van der Waals surface area (Å²) < 4.78 is 24.9. The summed E-state index contributed by atoms with van der Waals surface area (Å²) in [5, 5.41) is 19.4. The van der Waals surface area contributed by atoms with Crippen molar-refractivity contribution >= 4 is 9.84 Å². The van der Waals surface area contributed by atoms with Gasteiger partial charge in [0.15, 0.2) is 0 Å². The van der Waals surface area contributed by atoms with Crippen LogP contribution < -0.4 is 0 Å². The van der Waals surface area contributed by atoms with Gasteiger partial charge in [0.1, 0.15) is 16.4 Å². The summed E-state index contributed by atoms with van der Waals surface area (Å²) in [5.74, 6) is -0.379. The van der Waals surface area contributed by atoms with Crippen molar-refractivity contribution in [3.05, 3.63) is 47.5 Å². The molecular weight excluding hydrogens is 264 g/mol. The zero-order valence-corrected chi connectivity index (χ0v) is 11.4. The third kappa shape index (κ3) is 2.29. The van der Waals surface area contributed by atoms with E-state index in [4.69, 9.17) is 0 Å². The Bertz CT molecular complexity index is 733. The zero-order chi connectivity index (χ0) is 14.2. The average Bonchev–Trinajstić information content (AvgIpc) is 2.31. The Morgan fingerprint density at radius 1 is 0.895 bits per heavy atom. The first-order valence-electron chi connectivity index (χ1n) is 5.67. The molecule has 5 heteroatoms. The van der Waals surface area contributed by atoms with E-state index in [-0.39, 0.29) is 26.9 Å². The maximum absolute atomic E-state index is 12.5. The van der Waals surface area contributed by atoms with Crippen molar-refractivity contribution in [3.8, 4) is 11.5 Å². The highest BCUT2D eigenvalue weighted by Crippen LogP contribution is 2.33. The molecule has 0 bridgehead atoms. The molecule has 2 N–H and O–H groups in total. The van der Waals surface area contributed by atoms with Gasteiger partial charge in [-0.1, -0.05) is 12.1 Å². The first-order chi connectivity index (χ1) is 8.84. The lowest BCUT2D eigenvalue weighted by atomic mass is 10.2. The van der Waals surface area contributed by atoms with Gasteiger partial charge in [-0.15, -0.1) is 0 Å². The summed E-state index contributed by atoms with van der Waals surface area (Å²) in [5.41, 5.74) is 1.03. The SMILES string of the molecule is Cc1ccc(S(=O)(=O)c2cccc(O)c2C)c(O)c1. The number of rotatable bonds is 2. The van der Waals surface area contributed by atoms with Crippen LogP contribution in [0.15, 0.2) is 46.2 Å². The predicted octanol–water partition coefficient (Wildman–Crippen LogP) is 2.55. The van der Waals surface area contributed by atoms with Gasteiger partial charge >= 0.3 is 0 Å². The van der Waals surface area contributed by atoms with Crippen LogP contribution in [0.25, 0.3) is 0 Å². The fraction of sp³-hybridized carbons (Fsp3) is 0.143. The van der Waals surface area contributed by atoms with E-state index in [0.717, 1.165) is 5.56 Å². The third-order valence-corrected chi connectivity index (χ3v) is 4.89. The first kappa shape index (κ1) is 13.4. The van der Waals surface area contributed by atoms with Crippen LogP contribution in [0, 0.1) is 13.8 Å². The zero-order valence-electron chi connectivity index (χ0n) is 10.6. The molecule has 0 amide bonds. The van der Waals surface area contributed by atoms with Gasteiger partial charge in [-0.3, -0.25) is 0 Å². The van der Waals surface area contributed by atoms with Crippen molar-refractivity contribution in [1.82, 2.24) is 0 Å². The van der Waals surface area contributed by atoms with Gasteiger partial charge in [0.05, 0.1) is 4.90 Å². The van der Waals surface area contributed by atoms with Crippen molar-refractivity contribution in [1.29, 1.82) is 0 Å². The van der Waals surface area contributed by atoms with Gasteiger partial charge < -0.3 is 10.2 Å². The maximum atomic E-state index is 12.5. The molecule has 19 heavy (non-hydrogen) atoms. The van der Waals surface area contributed by atoms with Crippen molar-refractivity contribution in [3.63, 3.8) is 0 Å². The van der Waals surface area contributed by atoms with Gasteiger partial charge in [0, 0.05) is 5.56 Å². The molecule has 0 saturated carbocycles. The van der Waals surface area contributed by atoms with E-state index in [1.807, 2.05) is 0 Å². The number of aromatic hydroxyl groups is 2. The molecule has 4 nitrogen and oxygen atoms in total. The lowest BCUT2D eigenvalue weighted by Gasteiger charge is -2.10. The summed E-state index contributed by atoms with van der Waals surface area (Å²) in [7, 11) is -3.85. The van der Waals surface area contributed by atoms with E-state index >= 15 is 0 Å². The lowest BCUT2D eigenvalue weighted by molar-refractivity contribution is 0.457. The van der Waals surface area contributed by atoms with Gasteiger partial charge in [-0.2, -0.15) is 0 Å². The number of sulfone groups is 1. The quantitative estimate of drug-likeness (QED) is 0.885. The monoisotopic (exact) mass is 278 g/mol. The molecule has 0 unspecified atom stereocenters. The number of hydrogen-bond donors (Lipinski definition) is 2. The second-order valence-corrected chi connectivity index (χ2v) is 6.26. The van der Waals surface area contributed by atoms with Crippen LogP contribution in [0.1, 0.15) is 11.1 Å². The number of phenols is 2. The second kappa shape index (κ2) is 4.59. The molecule has 0 aromatic heterocycles. The smallest absolute Gasteiger partial charge is 0.210 e. The summed E-state index contributed by atoms with van der Waals surface area (Å²) in [6.45, 7) is 3.28. The van der Waals surface area contributed by atoms with Crippen molar-refractivity contribution in [2.24, 2.45) is 0 Å². The molecule has 2 rings (SSSR count). The Hall–Kier alpha value is -2.01. The molecule has 2 aromatic carbocycles. The van der Waals surface area contributed by atoms with Crippen LogP contribution in [-0.4, -0.2) is 18.6 Å². The van der Waals surface area contributed by atoms with Crippen LogP contribution in [0.2, 0.25) is 0 Å². The molecule has 0 aliphatic carbocycles. The second-order valence-electron chi connectivity index (χ2n) is 4.37. The minimum atomic E-state index is -3.85. The van der Waals surface area contributed by atoms with E-state index < -0.39 is 9.84 Å². The fourth-order valence-corrected chi connectivity index (χ4v) is 3.45. The predicted molar refractivity (Wildman–Crippen MR) is 71.1 cm³/mol. The number of aryl methyl sites for hydroxylation is 1. The van der Waals surface area contributed by atoms with Crippen LogP contribution in [0.4, 0.5) is 0 Å².